The molecule has 1 N–H and O–H groups in total. The van der Waals surface area contributed by atoms with Crippen LogP contribution in [0.3, 0.4) is 0 Å². The summed E-state index contributed by atoms with van der Waals surface area (Å²) in [6.07, 6.45) is 2.45. The highest BCUT2D eigenvalue weighted by Crippen LogP contribution is 2.42. The number of methoxy groups -OCH3 is 1. The van der Waals surface area contributed by atoms with E-state index in [9.17, 15) is 0 Å². The van der Waals surface area contributed by atoms with E-state index in [4.69, 9.17) is 9.47 Å². The van der Waals surface area contributed by atoms with E-state index < -0.39 is 0 Å². The lowest BCUT2D eigenvalue weighted by molar-refractivity contribution is -0.0979. The van der Waals surface area contributed by atoms with Crippen molar-refractivity contribution >= 4 is 15.9 Å². The topological polar surface area (TPSA) is 30.5 Å². The van der Waals surface area contributed by atoms with Gasteiger partial charge in [-0.05, 0) is 31.0 Å². The summed E-state index contributed by atoms with van der Waals surface area (Å²) in [7, 11) is 1.80. The van der Waals surface area contributed by atoms with Crippen LogP contribution in [0, 0.1) is 5.41 Å². The molecule has 0 amide bonds. The van der Waals surface area contributed by atoms with E-state index in [0.29, 0.717) is 12.1 Å². The van der Waals surface area contributed by atoms with Crippen LogP contribution in [-0.2, 0) is 11.3 Å². The lowest BCUT2D eigenvalue weighted by Crippen LogP contribution is -2.60. The van der Waals surface area contributed by atoms with Gasteiger partial charge in [0.25, 0.3) is 0 Å². The lowest BCUT2D eigenvalue weighted by Gasteiger charge is -2.51. The Morgan fingerprint density at radius 3 is 2.76 bits per heavy atom. The second-order valence-corrected chi connectivity index (χ2v) is 7.23. The molecule has 2 atom stereocenters. The van der Waals surface area contributed by atoms with Gasteiger partial charge in [-0.25, -0.2) is 0 Å². The second-order valence-electron chi connectivity index (χ2n) is 6.32. The van der Waals surface area contributed by atoms with Crippen molar-refractivity contribution in [1.82, 2.24) is 5.32 Å². The van der Waals surface area contributed by atoms with Crippen LogP contribution in [0.2, 0.25) is 0 Å². The van der Waals surface area contributed by atoms with Crippen LogP contribution in [0.5, 0.6) is 5.75 Å². The molecule has 21 heavy (non-hydrogen) atoms. The number of benzene rings is 1. The molecule has 1 aromatic rings. The Bertz CT molecular complexity index is 476. The van der Waals surface area contributed by atoms with Gasteiger partial charge in [0.2, 0.25) is 0 Å². The fourth-order valence-electron chi connectivity index (χ4n) is 2.90. The summed E-state index contributed by atoms with van der Waals surface area (Å²) in [5.41, 5.74) is 1.39. The van der Waals surface area contributed by atoms with Crippen molar-refractivity contribution in [2.75, 3.05) is 13.7 Å². The van der Waals surface area contributed by atoms with Crippen molar-refractivity contribution < 1.29 is 9.47 Å². The maximum atomic E-state index is 5.83. The van der Waals surface area contributed by atoms with Crippen molar-refractivity contribution in [3.63, 3.8) is 0 Å². The summed E-state index contributed by atoms with van der Waals surface area (Å²) < 4.78 is 12.4. The molecule has 0 spiro atoms. The van der Waals surface area contributed by atoms with E-state index >= 15 is 0 Å². The number of ether oxygens (including phenoxy) is 2. The molecule has 0 radical (unpaired) electrons. The maximum absolute atomic E-state index is 5.83. The molecule has 0 aromatic heterocycles. The number of nitrogens with one attached hydrogen (secondary N) is 1. The Labute approximate surface area is 136 Å². The van der Waals surface area contributed by atoms with Crippen molar-refractivity contribution in [3.05, 3.63) is 28.2 Å². The van der Waals surface area contributed by atoms with Crippen molar-refractivity contribution in [3.8, 4) is 5.75 Å². The third-order valence-electron chi connectivity index (χ3n) is 4.49. The van der Waals surface area contributed by atoms with E-state index in [-0.39, 0.29) is 5.41 Å². The molecule has 0 aliphatic heterocycles. The molecule has 0 saturated heterocycles. The van der Waals surface area contributed by atoms with Gasteiger partial charge in [-0.3, -0.25) is 0 Å². The first-order chi connectivity index (χ1) is 9.98. The Morgan fingerprint density at radius 1 is 1.38 bits per heavy atom. The van der Waals surface area contributed by atoms with Gasteiger partial charge >= 0.3 is 0 Å². The van der Waals surface area contributed by atoms with Gasteiger partial charge in [0, 0.05) is 35.1 Å². The lowest BCUT2D eigenvalue weighted by atomic mass is 9.64. The summed E-state index contributed by atoms with van der Waals surface area (Å²) >= 11 is 3.54. The highest BCUT2D eigenvalue weighted by molar-refractivity contribution is 9.10. The average molecular weight is 356 g/mol. The molecular formula is C17H26BrNO2. The van der Waals surface area contributed by atoms with Gasteiger partial charge in [0.05, 0.1) is 12.7 Å². The number of rotatable bonds is 7. The highest BCUT2D eigenvalue weighted by atomic mass is 79.9. The van der Waals surface area contributed by atoms with Crippen LogP contribution in [0.15, 0.2) is 22.7 Å². The van der Waals surface area contributed by atoms with E-state index in [1.165, 1.54) is 5.56 Å². The van der Waals surface area contributed by atoms with Crippen molar-refractivity contribution in [2.45, 2.75) is 52.3 Å². The van der Waals surface area contributed by atoms with Gasteiger partial charge in [-0.15, -0.1) is 0 Å². The second kappa shape index (κ2) is 7.12. The molecule has 1 fully saturated rings. The SMILES string of the molecule is CCCOc1ccc(Br)cc1CNC1CC(OC)C1(C)C. The molecule has 2 rings (SSSR count). The first-order valence-corrected chi connectivity index (χ1v) is 8.45. The minimum atomic E-state index is 0.186. The van der Waals surface area contributed by atoms with Gasteiger partial charge < -0.3 is 14.8 Å². The van der Waals surface area contributed by atoms with E-state index in [2.05, 4.69) is 48.1 Å². The monoisotopic (exact) mass is 355 g/mol. The quantitative estimate of drug-likeness (QED) is 0.797. The molecule has 3 nitrogen and oxygen atoms in total. The van der Waals surface area contributed by atoms with Crippen LogP contribution in [0.1, 0.15) is 39.2 Å². The fourth-order valence-corrected chi connectivity index (χ4v) is 3.31. The third-order valence-corrected chi connectivity index (χ3v) is 4.98. The smallest absolute Gasteiger partial charge is 0.123 e. The van der Waals surface area contributed by atoms with Gasteiger partial charge in [-0.1, -0.05) is 36.7 Å². The van der Waals surface area contributed by atoms with Crippen LogP contribution < -0.4 is 10.1 Å². The predicted molar refractivity (Wildman–Crippen MR) is 89.8 cm³/mol. The Morgan fingerprint density at radius 2 is 2.14 bits per heavy atom. The largest absolute Gasteiger partial charge is 0.493 e. The first kappa shape index (κ1) is 16.8. The van der Waals surface area contributed by atoms with E-state index in [1.54, 1.807) is 7.11 Å². The summed E-state index contributed by atoms with van der Waals surface area (Å²) in [6, 6.07) is 6.70. The van der Waals surface area contributed by atoms with Gasteiger partial charge in [-0.2, -0.15) is 0 Å². The number of hydrogen-bond acceptors (Lipinski definition) is 3. The van der Waals surface area contributed by atoms with E-state index in [1.807, 2.05) is 12.1 Å². The number of hydrogen-bond donors (Lipinski definition) is 1. The molecule has 0 heterocycles. The third kappa shape index (κ3) is 3.79. The maximum Gasteiger partial charge on any atom is 0.123 e. The fraction of sp³-hybridized carbons (Fsp3) is 0.647. The molecule has 1 saturated carbocycles. The molecule has 1 aromatic carbocycles. The summed E-state index contributed by atoms with van der Waals surface area (Å²) in [4.78, 5) is 0. The zero-order valence-electron chi connectivity index (χ0n) is 13.4. The normalized spacial score (nSPS) is 23.7. The molecule has 1 aliphatic rings. The molecule has 1 aliphatic carbocycles. The number of halogens is 1. The Kier molecular flexibility index (Phi) is 5.69. The van der Waals surface area contributed by atoms with E-state index in [0.717, 1.165) is 36.2 Å². The molecular weight excluding hydrogens is 330 g/mol. The van der Waals surface area contributed by atoms with Gasteiger partial charge in [0.1, 0.15) is 5.75 Å². The summed E-state index contributed by atoms with van der Waals surface area (Å²) in [5.74, 6) is 0.980. The molecule has 0 bridgehead atoms. The predicted octanol–water partition coefficient (Wildman–Crippen LogP) is 4.14. The zero-order valence-corrected chi connectivity index (χ0v) is 15.0. The Hall–Kier alpha value is -0.580. The minimum absolute atomic E-state index is 0.186. The van der Waals surface area contributed by atoms with Crippen molar-refractivity contribution in [2.24, 2.45) is 5.41 Å². The standard InChI is InChI=1S/C17H26BrNO2/c1-5-8-21-14-7-6-13(18)9-12(14)11-19-15-10-16(20-4)17(15,2)3/h6-7,9,15-16,19H,5,8,10-11H2,1-4H3. The minimum Gasteiger partial charge on any atom is -0.493 e. The van der Waals surface area contributed by atoms with Crippen LogP contribution >= 0.6 is 15.9 Å². The highest BCUT2D eigenvalue weighted by Gasteiger charge is 2.48. The van der Waals surface area contributed by atoms with Gasteiger partial charge in [0.15, 0.2) is 0 Å². The first-order valence-electron chi connectivity index (χ1n) is 7.66. The average Bonchev–Trinajstić information content (AvgIpc) is 2.45. The van der Waals surface area contributed by atoms with Crippen LogP contribution in [0.4, 0.5) is 0 Å². The summed E-state index contributed by atoms with van der Waals surface area (Å²) in [6.45, 7) is 8.23. The van der Waals surface area contributed by atoms with Crippen LogP contribution in [-0.4, -0.2) is 25.9 Å². The Balaban J connectivity index is 1.98. The van der Waals surface area contributed by atoms with Crippen molar-refractivity contribution in [1.29, 1.82) is 0 Å². The molecule has 2 unspecified atom stereocenters. The molecule has 118 valence electrons. The van der Waals surface area contributed by atoms with Crippen LogP contribution in [0.25, 0.3) is 0 Å². The zero-order chi connectivity index (χ0) is 15.5. The summed E-state index contributed by atoms with van der Waals surface area (Å²) in [5, 5.41) is 3.65. The molecule has 4 heteroatoms.